The van der Waals surface area contributed by atoms with Crippen molar-refractivity contribution in [2.24, 2.45) is 0 Å². The van der Waals surface area contributed by atoms with Gasteiger partial charge in [-0.3, -0.25) is 14.4 Å². The summed E-state index contributed by atoms with van der Waals surface area (Å²) in [5.74, 6) is -1.57. The summed E-state index contributed by atoms with van der Waals surface area (Å²) in [4.78, 5) is 55.4. The number of terminal acetylenes is 1. The number of aromatic amines is 1. The highest BCUT2D eigenvalue weighted by Gasteiger charge is 2.23. The third kappa shape index (κ3) is 6.24. The van der Waals surface area contributed by atoms with Crippen LogP contribution in [0.4, 0.5) is 10.1 Å². The number of halogens is 1. The number of H-pyrrole nitrogens is 1. The van der Waals surface area contributed by atoms with Crippen molar-refractivity contribution in [3.8, 4) is 12.3 Å². The molecule has 4 N–H and O–H groups in total. The van der Waals surface area contributed by atoms with Crippen molar-refractivity contribution < 1.29 is 29.0 Å². The van der Waals surface area contributed by atoms with Gasteiger partial charge in [0, 0.05) is 18.7 Å². The Balaban J connectivity index is 1.82. The van der Waals surface area contributed by atoms with Crippen LogP contribution in [0.15, 0.2) is 41.2 Å². The van der Waals surface area contributed by atoms with E-state index < -0.39 is 41.7 Å². The predicted octanol–water partition coefficient (Wildman–Crippen LogP) is 2.06. The molecule has 36 heavy (non-hydrogen) atoms. The Hall–Kier alpha value is -4.72. The van der Waals surface area contributed by atoms with Gasteiger partial charge in [0.2, 0.25) is 0 Å². The van der Waals surface area contributed by atoms with Crippen LogP contribution < -0.4 is 15.8 Å². The van der Waals surface area contributed by atoms with Crippen LogP contribution in [0.3, 0.4) is 0 Å². The van der Waals surface area contributed by atoms with Gasteiger partial charge in [-0.15, -0.1) is 6.42 Å². The third-order valence-corrected chi connectivity index (χ3v) is 5.36. The fourth-order valence-electron chi connectivity index (χ4n) is 3.62. The number of hydrogen-bond acceptors (Lipinski definition) is 6. The summed E-state index contributed by atoms with van der Waals surface area (Å²) in [6.07, 6.45) is 4.66. The van der Waals surface area contributed by atoms with Crippen LogP contribution in [0.5, 0.6) is 0 Å². The van der Waals surface area contributed by atoms with E-state index in [1.165, 1.54) is 12.1 Å². The number of carbonyl (C=O) groups excluding carboxylic acids is 1. The van der Waals surface area contributed by atoms with E-state index in [0.29, 0.717) is 22.4 Å². The Morgan fingerprint density at radius 3 is 2.61 bits per heavy atom. The lowest BCUT2D eigenvalue weighted by Crippen LogP contribution is -2.41. The number of carboxylic acid groups (broad SMARTS) is 2. The van der Waals surface area contributed by atoms with Crippen LogP contribution >= 0.6 is 0 Å². The number of aromatic nitrogens is 2. The van der Waals surface area contributed by atoms with Crippen molar-refractivity contribution in [1.29, 1.82) is 0 Å². The molecule has 1 atom stereocenters. The average Bonchev–Trinajstić information content (AvgIpc) is 2.81. The van der Waals surface area contributed by atoms with Crippen LogP contribution in [0, 0.1) is 25.1 Å². The van der Waals surface area contributed by atoms with Crippen LogP contribution in [-0.4, -0.2) is 50.6 Å². The van der Waals surface area contributed by atoms with Crippen LogP contribution in [0.1, 0.15) is 34.6 Å². The Bertz CT molecular complexity index is 1430. The number of fused-ring (bicyclic) bond motifs is 1. The molecule has 186 valence electrons. The van der Waals surface area contributed by atoms with E-state index in [1.807, 2.05) is 0 Å². The largest absolute Gasteiger partial charge is 0.481 e. The summed E-state index contributed by atoms with van der Waals surface area (Å²) in [5, 5.41) is 20.5. The maximum Gasteiger partial charge on any atom is 0.326 e. The molecule has 2 aromatic carbocycles. The number of nitrogens with one attached hydrogen (secondary N) is 2. The molecule has 11 heteroatoms. The molecule has 1 aromatic heterocycles. The van der Waals surface area contributed by atoms with Crippen molar-refractivity contribution >= 4 is 34.4 Å². The van der Waals surface area contributed by atoms with E-state index in [0.717, 1.165) is 11.6 Å². The monoisotopic (exact) mass is 494 g/mol. The molecule has 1 amide bonds. The molecule has 0 fully saturated rings. The Labute approximate surface area is 204 Å². The van der Waals surface area contributed by atoms with Gasteiger partial charge in [0.05, 0.1) is 23.0 Å². The van der Waals surface area contributed by atoms with E-state index in [9.17, 15) is 28.7 Å². The molecule has 3 rings (SSSR count). The first-order chi connectivity index (χ1) is 17.1. The summed E-state index contributed by atoms with van der Waals surface area (Å²) in [7, 11) is 0. The van der Waals surface area contributed by atoms with Gasteiger partial charge < -0.3 is 25.4 Å². The second-order valence-electron chi connectivity index (χ2n) is 8.02. The molecule has 0 saturated carbocycles. The Morgan fingerprint density at radius 1 is 1.22 bits per heavy atom. The second-order valence-corrected chi connectivity index (χ2v) is 8.02. The fraction of sp³-hybridized carbons (Fsp3) is 0.240. The first-order valence-corrected chi connectivity index (χ1v) is 10.8. The number of carbonyl (C=O) groups is 3. The van der Waals surface area contributed by atoms with Crippen LogP contribution in [-0.2, 0) is 16.1 Å². The molecule has 0 saturated heterocycles. The van der Waals surface area contributed by atoms with Crippen LogP contribution in [0.25, 0.3) is 10.9 Å². The maximum absolute atomic E-state index is 14.9. The predicted molar refractivity (Wildman–Crippen MR) is 129 cm³/mol. The third-order valence-electron chi connectivity index (χ3n) is 5.36. The van der Waals surface area contributed by atoms with Gasteiger partial charge in [-0.25, -0.2) is 14.2 Å². The van der Waals surface area contributed by atoms with E-state index >= 15 is 0 Å². The smallest absolute Gasteiger partial charge is 0.326 e. The molecule has 0 spiro atoms. The quantitative estimate of drug-likeness (QED) is 0.313. The molecule has 3 aromatic rings. The molecule has 0 aliphatic rings. The molecule has 10 nitrogen and oxygen atoms in total. The van der Waals surface area contributed by atoms with Crippen LogP contribution in [0.2, 0.25) is 0 Å². The zero-order valence-electron chi connectivity index (χ0n) is 19.2. The second kappa shape index (κ2) is 11.1. The molecule has 0 bridgehead atoms. The molecule has 1 unspecified atom stereocenters. The number of nitrogens with zero attached hydrogens (tertiary/aromatic N) is 2. The first kappa shape index (κ1) is 25.9. The Kier molecular flexibility index (Phi) is 8.01. The standard InChI is InChI=1S/C25H23FN4O6/c1-3-10-30(13-15-4-7-20-18(11-15)24(34)28-14(2)27-20)16-5-6-17(19(26)12-16)23(33)29-21(25(35)36)8-9-22(31)32/h1,4-7,11-12,21H,8-10,13H2,2H3,(H,29,33)(H,31,32)(H,35,36)(H,27,28,34). The van der Waals surface area contributed by atoms with E-state index in [2.05, 4.69) is 21.2 Å². The van der Waals surface area contributed by atoms with Crippen molar-refractivity contribution in [2.45, 2.75) is 32.4 Å². The Morgan fingerprint density at radius 2 is 1.97 bits per heavy atom. The summed E-state index contributed by atoms with van der Waals surface area (Å²) >= 11 is 0. The lowest BCUT2D eigenvalue weighted by Gasteiger charge is -2.23. The molecule has 1 heterocycles. The normalized spacial score (nSPS) is 11.5. The number of aliphatic carboxylic acids is 2. The summed E-state index contributed by atoms with van der Waals surface area (Å²) in [5.41, 5.74) is 0.928. The summed E-state index contributed by atoms with van der Waals surface area (Å²) < 4.78 is 14.9. The van der Waals surface area contributed by atoms with Gasteiger partial charge in [-0.2, -0.15) is 0 Å². The maximum atomic E-state index is 14.9. The highest BCUT2D eigenvalue weighted by atomic mass is 19.1. The summed E-state index contributed by atoms with van der Waals surface area (Å²) in [6, 6.07) is 7.42. The minimum Gasteiger partial charge on any atom is -0.481 e. The molecular weight excluding hydrogens is 471 g/mol. The lowest BCUT2D eigenvalue weighted by atomic mass is 10.1. The van der Waals surface area contributed by atoms with Crippen molar-refractivity contribution in [3.05, 3.63) is 69.5 Å². The van der Waals surface area contributed by atoms with E-state index in [-0.39, 0.29) is 25.1 Å². The van der Waals surface area contributed by atoms with Gasteiger partial charge in [0.1, 0.15) is 17.7 Å². The van der Waals surface area contributed by atoms with Gasteiger partial charge in [0.25, 0.3) is 11.5 Å². The number of rotatable bonds is 10. The highest BCUT2D eigenvalue weighted by Crippen LogP contribution is 2.22. The van der Waals surface area contributed by atoms with Crippen molar-refractivity contribution in [1.82, 2.24) is 15.3 Å². The number of hydrogen-bond donors (Lipinski definition) is 4. The number of benzene rings is 2. The van der Waals surface area contributed by atoms with Gasteiger partial charge in [-0.05, 0) is 49.2 Å². The summed E-state index contributed by atoms with van der Waals surface area (Å²) in [6.45, 7) is 2.01. The minimum absolute atomic E-state index is 0.0990. The molecular formula is C25H23FN4O6. The molecule has 0 aliphatic heterocycles. The minimum atomic E-state index is -1.49. The van der Waals surface area contributed by atoms with E-state index in [1.54, 1.807) is 30.0 Å². The zero-order valence-corrected chi connectivity index (χ0v) is 19.2. The number of amides is 1. The van der Waals surface area contributed by atoms with Gasteiger partial charge >= 0.3 is 11.9 Å². The first-order valence-electron chi connectivity index (χ1n) is 10.8. The number of carboxylic acids is 2. The molecule has 0 aliphatic carbocycles. The topological polar surface area (TPSA) is 153 Å². The molecule has 0 radical (unpaired) electrons. The van der Waals surface area contributed by atoms with Gasteiger partial charge in [-0.1, -0.05) is 12.0 Å². The average molecular weight is 494 g/mol. The number of anilines is 1. The number of aryl methyl sites for hydroxylation is 1. The fourth-order valence-corrected chi connectivity index (χ4v) is 3.62. The van der Waals surface area contributed by atoms with Crippen molar-refractivity contribution in [3.63, 3.8) is 0 Å². The highest BCUT2D eigenvalue weighted by molar-refractivity contribution is 5.97. The SMILES string of the molecule is C#CCN(Cc1ccc2nc(C)[nH]c(=O)c2c1)c1ccc(C(=O)NC(CCC(=O)O)C(=O)O)c(F)c1. The van der Waals surface area contributed by atoms with Crippen molar-refractivity contribution in [2.75, 3.05) is 11.4 Å². The van der Waals surface area contributed by atoms with E-state index in [4.69, 9.17) is 11.5 Å². The zero-order chi connectivity index (χ0) is 26.4. The lowest BCUT2D eigenvalue weighted by molar-refractivity contribution is -0.140. The van der Waals surface area contributed by atoms with Gasteiger partial charge in [0.15, 0.2) is 0 Å².